The summed E-state index contributed by atoms with van der Waals surface area (Å²) >= 11 is 0. The number of aryl methyl sites for hydroxylation is 1. The second-order valence-electron chi connectivity index (χ2n) is 5.61. The van der Waals surface area contributed by atoms with Crippen molar-refractivity contribution in [1.82, 2.24) is 4.98 Å². The summed E-state index contributed by atoms with van der Waals surface area (Å²) in [6.07, 6.45) is 3.24. The van der Waals surface area contributed by atoms with Crippen molar-refractivity contribution in [2.45, 2.75) is 18.4 Å². The van der Waals surface area contributed by atoms with E-state index in [2.05, 4.69) is 4.98 Å². The topological polar surface area (TPSA) is 50.3 Å². The minimum atomic E-state index is -3.81. The fraction of sp³-hybridized carbons (Fsp3) is 0.105. The Hall–Kier alpha value is -2.73. The van der Waals surface area contributed by atoms with Crippen LogP contribution in [0.25, 0.3) is 0 Å². The Morgan fingerprint density at radius 2 is 1.72 bits per heavy atom. The van der Waals surface area contributed by atoms with Crippen LogP contribution in [0.5, 0.6) is 0 Å². The average Bonchev–Trinajstić information content (AvgIpc) is 2.61. The minimum Gasteiger partial charge on any atom is -0.264 e. The van der Waals surface area contributed by atoms with Gasteiger partial charge in [0.2, 0.25) is 0 Å². The second kappa shape index (κ2) is 7.03. The van der Waals surface area contributed by atoms with Gasteiger partial charge in [-0.15, -0.1) is 0 Å². The molecule has 0 amide bonds. The van der Waals surface area contributed by atoms with Gasteiger partial charge in [-0.05, 0) is 54.4 Å². The number of rotatable bonds is 5. The van der Waals surface area contributed by atoms with E-state index in [-0.39, 0.29) is 11.4 Å². The third kappa shape index (κ3) is 3.69. The van der Waals surface area contributed by atoms with Gasteiger partial charge in [-0.2, -0.15) is 0 Å². The Morgan fingerprint density at radius 3 is 2.36 bits per heavy atom. The molecule has 0 atom stereocenters. The lowest BCUT2D eigenvalue weighted by Gasteiger charge is -2.25. The summed E-state index contributed by atoms with van der Waals surface area (Å²) in [4.78, 5) is 4.26. The van der Waals surface area contributed by atoms with Crippen molar-refractivity contribution in [2.24, 2.45) is 0 Å². The van der Waals surface area contributed by atoms with Gasteiger partial charge in [0.1, 0.15) is 5.82 Å². The summed E-state index contributed by atoms with van der Waals surface area (Å²) in [6.45, 7) is 1.86. The molecule has 3 rings (SSSR count). The smallest absolute Gasteiger partial charge is 0.264 e. The van der Waals surface area contributed by atoms with Crippen molar-refractivity contribution < 1.29 is 12.8 Å². The van der Waals surface area contributed by atoms with Gasteiger partial charge < -0.3 is 0 Å². The third-order valence-corrected chi connectivity index (χ3v) is 5.76. The van der Waals surface area contributed by atoms with Crippen molar-refractivity contribution >= 4 is 15.7 Å². The zero-order chi connectivity index (χ0) is 17.9. The number of nitrogens with zero attached hydrogens (tertiary/aromatic N) is 2. The standard InChI is InChI=1S/C19H17FN2O2S/c1-15-5-2-3-7-19(15)25(23,24)22(14-16-6-4-12-21-13-16)18-10-8-17(20)9-11-18/h2-13H,14H2,1H3. The first-order chi connectivity index (χ1) is 12.0. The first-order valence-electron chi connectivity index (χ1n) is 7.71. The monoisotopic (exact) mass is 356 g/mol. The molecule has 4 nitrogen and oxygen atoms in total. The van der Waals surface area contributed by atoms with E-state index in [4.69, 9.17) is 0 Å². The Labute approximate surface area is 146 Å². The van der Waals surface area contributed by atoms with Gasteiger partial charge in [-0.25, -0.2) is 12.8 Å². The number of halogens is 1. The number of benzene rings is 2. The first-order valence-corrected chi connectivity index (χ1v) is 9.15. The highest BCUT2D eigenvalue weighted by atomic mass is 32.2. The molecule has 1 heterocycles. The fourth-order valence-electron chi connectivity index (χ4n) is 2.54. The van der Waals surface area contributed by atoms with Crippen LogP contribution < -0.4 is 4.31 Å². The van der Waals surface area contributed by atoms with Gasteiger partial charge in [-0.1, -0.05) is 24.3 Å². The highest BCUT2D eigenvalue weighted by Crippen LogP contribution is 2.27. The molecule has 128 valence electrons. The van der Waals surface area contributed by atoms with Gasteiger partial charge in [0.25, 0.3) is 10.0 Å². The number of hydrogen-bond acceptors (Lipinski definition) is 3. The highest BCUT2D eigenvalue weighted by molar-refractivity contribution is 7.92. The number of sulfonamides is 1. The average molecular weight is 356 g/mol. The lowest BCUT2D eigenvalue weighted by molar-refractivity contribution is 0.589. The Kier molecular flexibility index (Phi) is 4.81. The fourth-order valence-corrected chi connectivity index (χ4v) is 4.23. The Morgan fingerprint density at radius 1 is 1.00 bits per heavy atom. The molecule has 0 aliphatic heterocycles. The van der Waals surface area contributed by atoms with Crippen LogP contribution in [0, 0.1) is 12.7 Å². The molecule has 0 radical (unpaired) electrons. The maximum Gasteiger partial charge on any atom is 0.264 e. The lowest BCUT2D eigenvalue weighted by atomic mass is 10.2. The maximum atomic E-state index is 13.3. The second-order valence-corrected chi connectivity index (χ2v) is 7.45. The van der Waals surface area contributed by atoms with Crippen molar-refractivity contribution in [1.29, 1.82) is 0 Å². The Balaban J connectivity index is 2.10. The number of hydrogen-bond donors (Lipinski definition) is 0. The molecule has 0 N–H and O–H groups in total. The third-order valence-electron chi connectivity index (χ3n) is 3.83. The van der Waals surface area contributed by atoms with Crippen molar-refractivity contribution in [3.63, 3.8) is 0 Å². The van der Waals surface area contributed by atoms with Gasteiger partial charge in [0.15, 0.2) is 0 Å². The zero-order valence-electron chi connectivity index (χ0n) is 13.6. The molecule has 0 saturated carbocycles. The largest absolute Gasteiger partial charge is 0.264 e. The van der Waals surface area contributed by atoms with Crippen LogP contribution in [0.15, 0.2) is 78.0 Å². The molecule has 0 spiro atoms. The summed E-state index contributed by atoms with van der Waals surface area (Å²) in [5, 5.41) is 0. The normalized spacial score (nSPS) is 11.3. The molecule has 0 saturated heterocycles. The molecule has 0 aliphatic carbocycles. The molecular formula is C19H17FN2O2S. The molecule has 0 bridgehead atoms. The first kappa shape index (κ1) is 17.1. The summed E-state index contributed by atoms with van der Waals surface area (Å²) in [5.74, 6) is -0.418. The lowest BCUT2D eigenvalue weighted by Crippen LogP contribution is -2.31. The predicted octanol–water partition coefficient (Wildman–Crippen LogP) is 3.92. The van der Waals surface area contributed by atoms with Gasteiger partial charge in [0.05, 0.1) is 17.1 Å². The van der Waals surface area contributed by atoms with E-state index in [0.29, 0.717) is 11.3 Å². The van der Waals surface area contributed by atoms with Crippen molar-refractivity contribution in [2.75, 3.05) is 4.31 Å². The summed E-state index contributed by atoms with van der Waals surface area (Å²) < 4.78 is 41.1. The van der Waals surface area contributed by atoms with Crippen molar-refractivity contribution in [3.8, 4) is 0 Å². The quantitative estimate of drug-likeness (QED) is 0.696. The zero-order valence-corrected chi connectivity index (χ0v) is 14.4. The summed E-state index contributed by atoms with van der Waals surface area (Å²) in [6, 6.07) is 15.8. The van der Waals surface area contributed by atoms with Crippen LogP contribution in [0.3, 0.4) is 0 Å². The van der Waals surface area contributed by atoms with Crippen LogP contribution in [0.4, 0.5) is 10.1 Å². The number of aromatic nitrogens is 1. The molecule has 0 unspecified atom stereocenters. The van der Waals surface area contributed by atoms with Crippen LogP contribution >= 0.6 is 0 Å². The Bertz CT molecular complexity index is 958. The molecule has 2 aromatic carbocycles. The number of pyridine rings is 1. The van der Waals surface area contributed by atoms with E-state index in [1.54, 1.807) is 55.7 Å². The van der Waals surface area contributed by atoms with E-state index in [1.165, 1.54) is 28.6 Å². The van der Waals surface area contributed by atoms with E-state index < -0.39 is 15.8 Å². The molecular weight excluding hydrogens is 339 g/mol. The molecule has 6 heteroatoms. The minimum absolute atomic E-state index is 0.107. The van der Waals surface area contributed by atoms with E-state index in [1.807, 2.05) is 0 Å². The summed E-state index contributed by atoms with van der Waals surface area (Å²) in [5.41, 5.74) is 1.79. The van der Waals surface area contributed by atoms with Gasteiger partial charge in [0, 0.05) is 12.4 Å². The van der Waals surface area contributed by atoms with E-state index >= 15 is 0 Å². The van der Waals surface area contributed by atoms with Crippen LogP contribution in [0.1, 0.15) is 11.1 Å². The predicted molar refractivity (Wildman–Crippen MR) is 95.2 cm³/mol. The molecule has 0 aliphatic rings. The molecule has 25 heavy (non-hydrogen) atoms. The maximum absolute atomic E-state index is 13.3. The molecule has 1 aromatic heterocycles. The van der Waals surface area contributed by atoms with E-state index in [9.17, 15) is 12.8 Å². The van der Waals surface area contributed by atoms with Gasteiger partial charge >= 0.3 is 0 Å². The van der Waals surface area contributed by atoms with Crippen LogP contribution in [0.2, 0.25) is 0 Å². The molecule has 0 fully saturated rings. The van der Waals surface area contributed by atoms with Crippen molar-refractivity contribution in [3.05, 3.63) is 90.0 Å². The SMILES string of the molecule is Cc1ccccc1S(=O)(=O)N(Cc1cccnc1)c1ccc(F)cc1. The van der Waals surface area contributed by atoms with E-state index in [0.717, 1.165) is 5.56 Å². The highest BCUT2D eigenvalue weighted by Gasteiger charge is 2.26. The van der Waals surface area contributed by atoms with Crippen LogP contribution in [-0.4, -0.2) is 13.4 Å². The van der Waals surface area contributed by atoms with Gasteiger partial charge in [-0.3, -0.25) is 9.29 Å². The van der Waals surface area contributed by atoms with Crippen LogP contribution in [-0.2, 0) is 16.6 Å². The molecule has 3 aromatic rings. The summed E-state index contributed by atoms with van der Waals surface area (Å²) in [7, 11) is -3.81. The number of anilines is 1.